The Bertz CT molecular complexity index is 271. The molecule has 0 aliphatic carbocycles. The lowest BCUT2D eigenvalue weighted by molar-refractivity contribution is 0.767. The van der Waals surface area contributed by atoms with Crippen molar-refractivity contribution in [3.8, 4) is 6.07 Å². The molecule has 0 bridgehead atoms. The number of rotatable bonds is 4. The second-order valence-corrected chi connectivity index (χ2v) is 2.59. The van der Waals surface area contributed by atoms with Crippen LogP contribution in [0.4, 0.5) is 5.69 Å². The summed E-state index contributed by atoms with van der Waals surface area (Å²) in [6.45, 7) is 0.833. The van der Waals surface area contributed by atoms with Crippen LogP contribution in [0.2, 0.25) is 0 Å². The zero-order chi connectivity index (χ0) is 8.81. The first kappa shape index (κ1) is 8.60. The van der Waals surface area contributed by atoms with Gasteiger partial charge in [-0.3, -0.25) is 4.68 Å². The first-order chi connectivity index (χ1) is 5.83. The Morgan fingerprint density at radius 2 is 2.58 bits per heavy atom. The van der Waals surface area contributed by atoms with Crippen molar-refractivity contribution in [2.75, 3.05) is 11.9 Å². The lowest BCUT2D eigenvalue weighted by Crippen LogP contribution is -1.99. The zero-order valence-corrected chi connectivity index (χ0v) is 7.12. The molecule has 1 heterocycles. The fourth-order valence-corrected chi connectivity index (χ4v) is 0.913. The van der Waals surface area contributed by atoms with Gasteiger partial charge in [-0.2, -0.15) is 10.4 Å². The predicted octanol–water partition coefficient (Wildman–Crippen LogP) is 1.14. The Hall–Kier alpha value is -1.50. The molecule has 0 aliphatic rings. The molecule has 0 atom stereocenters. The summed E-state index contributed by atoms with van der Waals surface area (Å²) in [6.07, 6.45) is 5.16. The van der Waals surface area contributed by atoms with Crippen LogP contribution in [0.3, 0.4) is 0 Å². The van der Waals surface area contributed by atoms with E-state index in [4.69, 9.17) is 5.26 Å². The van der Waals surface area contributed by atoms with Crippen LogP contribution < -0.4 is 5.32 Å². The number of anilines is 1. The van der Waals surface area contributed by atoms with E-state index in [1.807, 2.05) is 13.2 Å². The van der Waals surface area contributed by atoms with Crippen molar-refractivity contribution in [2.45, 2.75) is 12.8 Å². The van der Waals surface area contributed by atoms with Crippen LogP contribution in [0.25, 0.3) is 0 Å². The Kier molecular flexibility index (Phi) is 3.15. The number of aromatic nitrogens is 2. The maximum atomic E-state index is 8.27. The van der Waals surface area contributed by atoms with Crippen LogP contribution in [0.15, 0.2) is 12.4 Å². The number of nitrogens with one attached hydrogen (secondary N) is 1. The third kappa shape index (κ3) is 2.62. The van der Waals surface area contributed by atoms with E-state index in [1.54, 1.807) is 10.9 Å². The molecule has 0 aromatic carbocycles. The average molecular weight is 164 g/mol. The van der Waals surface area contributed by atoms with E-state index in [2.05, 4.69) is 16.5 Å². The summed E-state index contributed by atoms with van der Waals surface area (Å²) in [6, 6.07) is 2.10. The molecule has 12 heavy (non-hydrogen) atoms. The van der Waals surface area contributed by atoms with Crippen molar-refractivity contribution >= 4 is 5.69 Å². The Balaban J connectivity index is 2.21. The molecule has 0 amide bonds. The van der Waals surface area contributed by atoms with E-state index in [0.29, 0.717) is 6.42 Å². The van der Waals surface area contributed by atoms with Crippen molar-refractivity contribution < 1.29 is 0 Å². The summed E-state index contributed by atoms with van der Waals surface area (Å²) in [4.78, 5) is 0. The van der Waals surface area contributed by atoms with Crippen LogP contribution in [0.5, 0.6) is 0 Å². The SMILES string of the molecule is Cn1cc(NCCCC#N)cn1. The summed E-state index contributed by atoms with van der Waals surface area (Å²) < 4.78 is 1.74. The minimum atomic E-state index is 0.604. The molecule has 1 N–H and O–H groups in total. The fourth-order valence-electron chi connectivity index (χ4n) is 0.913. The van der Waals surface area contributed by atoms with Gasteiger partial charge in [0.05, 0.1) is 18.0 Å². The Morgan fingerprint density at radius 3 is 3.17 bits per heavy atom. The zero-order valence-electron chi connectivity index (χ0n) is 7.12. The van der Waals surface area contributed by atoms with E-state index in [1.165, 1.54) is 0 Å². The number of unbranched alkanes of at least 4 members (excludes halogenated alkanes) is 1. The van der Waals surface area contributed by atoms with Gasteiger partial charge in [0.1, 0.15) is 0 Å². The first-order valence-electron chi connectivity index (χ1n) is 3.92. The maximum Gasteiger partial charge on any atom is 0.0726 e. The van der Waals surface area contributed by atoms with Crippen LogP contribution in [-0.2, 0) is 7.05 Å². The Labute approximate surface area is 71.8 Å². The smallest absolute Gasteiger partial charge is 0.0726 e. The molecule has 64 valence electrons. The summed E-state index contributed by atoms with van der Waals surface area (Å²) in [5, 5.41) is 15.4. The molecule has 0 aliphatic heterocycles. The van der Waals surface area contributed by atoms with Crippen molar-refractivity contribution in [3.05, 3.63) is 12.4 Å². The molecule has 4 heteroatoms. The first-order valence-corrected chi connectivity index (χ1v) is 3.92. The van der Waals surface area contributed by atoms with Gasteiger partial charge >= 0.3 is 0 Å². The largest absolute Gasteiger partial charge is 0.382 e. The highest BCUT2D eigenvalue weighted by Crippen LogP contribution is 2.02. The molecule has 0 radical (unpaired) electrons. The van der Waals surface area contributed by atoms with Crippen LogP contribution >= 0.6 is 0 Å². The molecule has 4 nitrogen and oxygen atoms in total. The molecular formula is C8H12N4. The second-order valence-electron chi connectivity index (χ2n) is 2.59. The highest BCUT2D eigenvalue weighted by Gasteiger charge is 1.92. The summed E-state index contributed by atoms with van der Waals surface area (Å²) in [5.74, 6) is 0. The average Bonchev–Trinajstić information content (AvgIpc) is 2.45. The number of nitrogens with zero attached hydrogens (tertiary/aromatic N) is 3. The summed E-state index contributed by atoms with van der Waals surface area (Å²) in [7, 11) is 1.88. The molecule has 1 aromatic rings. The van der Waals surface area contributed by atoms with Gasteiger partial charge in [0, 0.05) is 26.2 Å². The molecule has 0 unspecified atom stereocenters. The minimum Gasteiger partial charge on any atom is -0.382 e. The maximum absolute atomic E-state index is 8.27. The van der Waals surface area contributed by atoms with E-state index >= 15 is 0 Å². The molecular weight excluding hydrogens is 152 g/mol. The molecule has 0 fully saturated rings. The van der Waals surface area contributed by atoms with Crippen molar-refractivity contribution in [1.29, 1.82) is 5.26 Å². The lowest BCUT2D eigenvalue weighted by Gasteiger charge is -1.98. The monoisotopic (exact) mass is 164 g/mol. The third-order valence-corrected chi connectivity index (χ3v) is 1.50. The van der Waals surface area contributed by atoms with Crippen molar-refractivity contribution in [1.82, 2.24) is 9.78 Å². The number of nitriles is 1. The van der Waals surface area contributed by atoms with E-state index in [9.17, 15) is 0 Å². The van der Waals surface area contributed by atoms with Crippen molar-refractivity contribution in [3.63, 3.8) is 0 Å². The summed E-state index contributed by atoms with van der Waals surface area (Å²) >= 11 is 0. The van der Waals surface area contributed by atoms with Gasteiger partial charge in [-0.25, -0.2) is 0 Å². The van der Waals surface area contributed by atoms with Gasteiger partial charge in [0.15, 0.2) is 0 Å². The molecule has 1 rings (SSSR count). The molecule has 1 aromatic heterocycles. The van der Waals surface area contributed by atoms with E-state index < -0.39 is 0 Å². The predicted molar refractivity (Wildman–Crippen MR) is 46.5 cm³/mol. The number of hydrogen-bond donors (Lipinski definition) is 1. The Morgan fingerprint density at radius 1 is 1.75 bits per heavy atom. The minimum absolute atomic E-state index is 0.604. The third-order valence-electron chi connectivity index (χ3n) is 1.50. The van der Waals surface area contributed by atoms with Crippen LogP contribution in [0, 0.1) is 11.3 Å². The quantitative estimate of drug-likeness (QED) is 0.679. The van der Waals surface area contributed by atoms with Crippen LogP contribution in [-0.4, -0.2) is 16.3 Å². The summed E-state index contributed by atoms with van der Waals surface area (Å²) in [5.41, 5.74) is 1.01. The molecule has 0 spiro atoms. The molecule has 0 saturated carbocycles. The lowest BCUT2D eigenvalue weighted by atomic mass is 10.3. The van der Waals surface area contributed by atoms with E-state index in [-0.39, 0.29) is 0 Å². The van der Waals surface area contributed by atoms with Gasteiger partial charge in [0.25, 0.3) is 0 Å². The topological polar surface area (TPSA) is 53.6 Å². The highest BCUT2D eigenvalue weighted by molar-refractivity contribution is 5.37. The molecule has 0 saturated heterocycles. The van der Waals surface area contributed by atoms with Gasteiger partial charge in [-0.15, -0.1) is 0 Å². The van der Waals surface area contributed by atoms with Gasteiger partial charge in [-0.1, -0.05) is 0 Å². The van der Waals surface area contributed by atoms with E-state index in [0.717, 1.165) is 18.7 Å². The van der Waals surface area contributed by atoms with Crippen LogP contribution in [0.1, 0.15) is 12.8 Å². The van der Waals surface area contributed by atoms with Gasteiger partial charge in [0.2, 0.25) is 0 Å². The van der Waals surface area contributed by atoms with Gasteiger partial charge < -0.3 is 5.32 Å². The number of aryl methyl sites for hydroxylation is 1. The fraction of sp³-hybridized carbons (Fsp3) is 0.500. The highest BCUT2D eigenvalue weighted by atomic mass is 15.3. The standard InChI is InChI=1S/C8H12N4/c1-12-7-8(6-11-12)10-5-3-2-4-9/h6-7,10H,2-3,5H2,1H3. The van der Waals surface area contributed by atoms with Crippen molar-refractivity contribution in [2.24, 2.45) is 7.05 Å². The van der Waals surface area contributed by atoms with Gasteiger partial charge in [-0.05, 0) is 6.42 Å². The number of hydrogen-bond acceptors (Lipinski definition) is 3. The normalized spacial score (nSPS) is 9.33. The second kappa shape index (κ2) is 4.39.